The van der Waals surface area contributed by atoms with Gasteiger partial charge in [0.15, 0.2) is 0 Å². The topological polar surface area (TPSA) is 74.6 Å². The van der Waals surface area contributed by atoms with Crippen LogP contribution in [0.4, 0.5) is 0 Å². The van der Waals surface area contributed by atoms with Crippen molar-refractivity contribution in [3.8, 4) is 0 Å². The molecule has 0 aliphatic rings. The predicted octanol–water partition coefficient (Wildman–Crippen LogP) is 0.584. The molecule has 2 N–H and O–H groups in total. The van der Waals surface area contributed by atoms with E-state index in [2.05, 4.69) is 0 Å². The number of hydrogen-bond acceptors (Lipinski definition) is 2. The Hall–Kier alpha value is -0.710. The lowest BCUT2D eigenvalue weighted by molar-refractivity contribution is -0.143. The van der Waals surface area contributed by atoms with Crippen molar-refractivity contribution in [2.75, 3.05) is 0 Å². The maximum Gasteiger partial charge on any atom is 0.303 e. The second-order valence-electron chi connectivity index (χ2n) is 1.29. The van der Waals surface area contributed by atoms with Crippen LogP contribution in [-0.2, 0) is 9.59 Å². The van der Waals surface area contributed by atoms with Crippen LogP contribution in [0, 0.1) is 0 Å². The maximum atomic E-state index is 9.64. The first-order valence-electron chi connectivity index (χ1n) is 2.06. The highest BCUT2D eigenvalue weighted by atomic mass is 32.1. The molecule has 0 spiro atoms. The molecule has 0 atom stereocenters. The van der Waals surface area contributed by atoms with Crippen LogP contribution >= 0.6 is 13.5 Å². The Balaban J connectivity index is 0. The van der Waals surface area contributed by atoms with Gasteiger partial charge in [0.2, 0.25) is 0 Å². The molecule has 0 fully saturated rings. The second-order valence-corrected chi connectivity index (χ2v) is 1.29. The number of hydrogen-bond donors (Lipinski definition) is 2. The SMILES string of the molecule is O=C(O)CCC(=O)O.[S]. The fraction of sp³-hybridized carbons (Fsp3) is 0.500. The Morgan fingerprint density at radius 2 is 1.22 bits per heavy atom. The minimum atomic E-state index is -1.08. The van der Waals surface area contributed by atoms with Gasteiger partial charge < -0.3 is 10.2 Å². The average molecular weight is 150 g/mol. The molecule has 0 bridgehead atoms. The smallest absolute Gasteiger partial charge is 0.303 e. The Morgan fingerprint density at radius 3 is 1.33 bits per heavy atom. The zero-order valence-electron chi connectivity index (χ0n) is 4.53. The lowest BCUT2D eigenvalue weighted by atomic mass is 10.3. The largest absolute Gasteiger partial charge is 0.481 e. The van der Waals surface area contributed by atoms with E-state index in [0.717, 1.165) is 0 Å². The van der Waals surface area contributed by atoms with Crippen molar-refractivity contribution < 1.29 is 19.8 Å². The Bertz CT molecular complexity index is 97.1. The highest BCUT2D eigenvalue weighted by Gasteiger charge is 2.00. The maximum absolute atomic E-state index is 9.64. The van der Waals surface area contributed by atoms with Crippen LogP contribution in [0.3, 0.4) is 0 Å². The number of carbonyl (C=O) groups is 2. The van der Waals surface area contributed by atoms with Gasteiger partial charge >= 0.3 is 11.9 Å². The quantitative estimate of drug-likeness (QED) is 0.617. The van der Waals surface area contributed by atoms with E-state index in [4.69, 9.17) is 10.2 Å². The van der Waals surface area contributed by atoms with E-state index in [-0.39, 0.29) is 26.3 Å². The summed E-state index contributed by atoms with van der Waals surface area (Å²) in [5.41, 5.74) is 0. The monoisotopic (exact) mass is 150 g/mol. The van der Waals surface area contributed by atoms with E-state index >= 15 is 0 Å². The summed E-state index contributed by atoms with van der Waals surface area (Å²) in [6.45, 7) is 0. The number of rotatable bonds is 3. The summed E-state index contributed by atoms with van der Waals surface area (Å²) in [6, 6.07) is 0. The molecular weight excluding hydrogens is 144 g/mol. The summed E-state index contributed by atoms with van der Waals surface area (Å²) in [6.07, 6.45) is -0.593. The van der Waals surface area contributed by atoms with E-state index in [1.54, 1.807) is 0 Å². The molecule has 0 saturated heterocycles. The molecular formula is C4H6O4S. The lowest BCUT2D eigenvalue weighted by Crippen LogP contribution is -2.00. The van der Waals surface area contributed by atoms with Gasteiger partial charge in [-0.1, -0.05) is 0 Å². The van der Waals surface area contributed by atoms with Crippen molar-refractivity contribution in [1.29, 1.82) is 0 Å². The molecule has 0 unspecified atom stereocenters. The highest BCUT2D eigenvalue weighted by molar-refractivity contribution is 7.59. The Labute approximate surface area is 58.9 Å². The van der Waals surface area contributed by atoms with Crippen molar-refractivity contribution in [2.24, 2.45) is 0 Å². The Morgan fingerprint density at radius 1 is 1.00 bits per heavy atom. The standard InChI is InChI=1S/C4H6O4.S/c5-3(6)1-2-4(7)8;/h1-2H2,(H,5,6)(H,7,8);. The van der Waals surface area contributed by atoms with Gasteiger partial charge in [-0.25, -0.2) is 0 Å². The molecule has 2 radical (unpaired) electrons. The lowest BCUT2D eigenvalue weighted by Gasteiger charge is -1.85. The molecule has 0 amide bonds. The molecule has 0 rings (SSSR count). The summed E-state index contributed by atoms with van der Waals surface area (Å²) in [5, 5.41) is 15.8. The van der Waals surface area contributed by atoms with Crippen LogP contribution in [0.25, 0.3) is 0 Å². The molecule has 0 heterocycles. The van der Waals surface area contributed by atoms with Gasteiger partial charge in [-0.3, -0.25) is 9.59 Å². The first-order valence-corrected chi connectivity index (χ1v) is 2.06. The van der Waals surface area contributed by atoms with Gasteiger partial charge in [-0.2, -0.15) is 0 Å². The van der Waals surface area contributed by atoms with E-state index in [9.17, 15) is 9.59 Å². The molecule has 0 aromatic heterocycles. The van der Waals surface area contributed by atoms with E-state index < -0.39 is 11.9 Å². The summed E-state index contributed by atoms with van der Waals surface area (Å²) >= 11 is 0. The van der Waals surface area contributed by atoms with Crippen LogP contribution in [-0.4, -0.2) is 22.2 Å². The molecule has 4 nitrogen and oxygen atoms in total. The van der Waals surface area contributed by atoms with Gasteiger partial charge in [0.1, 0.15) is 0 Å². The zero-order chi connectivity index (χ0) is 6.57. The second kappa shape index (κ2) is 5.43. The summed E-state index contributed by atoms with van der Waals surface area (Å²) in [5.74, 6) is -2.15. The number of aliphatic carboxylic acids is 2. The number of carboxylic acid groups (broad SMARTS) is 2. The van der Waals surface area contributed by atoms with Gasteiger partial charge in [-0.15, -0.1) is 0 Å². The third-order valence-corrected chi connectivity index (χ3v) is 0.553. The number of carboxylic acids is 2. The van der Waals surface area contributed by atoms with Gasteiger partial charge in [0.05, 0.1) is 12.8 Å². The van der Waals surface area contributed by atoms with Crippen molar-refractivity contribution in [3.05, 3.63) is 0 Å². The summed E-state index contributed by atoms with van der Waals surface area (Å²) < 4.78 is 0. The third kappa shape index (κ3) is 11.1. The molecule has 0 saturated carbocycles. The normalized spacial score (nSPS) is 7.56. The van der Waals surface area contributed by atoms with Crippen LogP contribution in [0.2, 0.25) is 0 Å². The molecule has 5 heteroatoms. The Kier molecular flexibility index (Phi) is 6.71. The van der Waals surface area contributed by atoms with Crippen molar-refractivity contribution in [1.82, 2.24) is 0 Å². The van der Waals surface area contributed by atoms with E-state index in [1.807, 2.05) is 0 Å². The van der Waals surface area contributed by atoms with Gasteiger partial charge in [0.25, 0.3) is 0 Å². The zero-order valence-corrected chi connectivity index (χ0v) is 5.35. The predicted molar refractivity (Wildman–Crippen MR) is 32.1 cm³/mol. The van der Waals surface area contributed by atoms with E-state index in [1.165, 1.54) is 0 Å². The average Bonchev–Trinajstić information content (AvgIpc) is 1.61. The summed E-state index contributed by atoms with van der Waals surface area (Å²) in [7, 11) is 0. The molecule has 52 valence electrons. The first-order chi connectivity index (χ1) is 3.63. The first kappa shape index (κ1) is 11.1. The third-order valence-electron chi connectivity index (χ3n) is 0.553. The van der Waals surface area contributed by atoms with Crippen molar-refractivity contribution in [3.63, 3.8) is 0 Å². The van der Waals surface area contributed by atoms with Crippen LogP contribution < -0.4 is 0 Å². The molecule has 0 aromatic rings. The minimum Gasteiger partial charge on any atom is -0.481 e. The molecule has 9 heavy (non-hydrogen) atoms. The minimum absolute atomic E-state index is 0. The van der Waals surface area contributed by atoms with Crippen molar-refractivity contribution >= 4 is 25.4 Å². The van der Waals surface area contributed by atoms with Crippen molar-refractivity contribution in [2.45, 2.75) is 12.8 Å². The molecule has 0 aliphatic heterocycles. The van der Waals surface area contributed by atoms with Crippen LogP contribution in [0.1, 0.15) is 12.8 Å². The molecule has 0 aromatic carbocycles. The fourth-order valence-electron chi connectivity index (χ4n) is 0.214. The molecule has 0 aliphatic carbocycles. The van der Waals surface area contributed by atoms with Gasteiger partial charge in [0, 0.05) is 13.5 Å². The highest BCUT2D eigenvalue weighted by Crippen LogP contribution is 1.85. The van der Waals surface area contributed by atoms with Crippen LogP contribution in [0.15, 0.2) is 0 Å². The summed E-state index contributed by atoms with van der Waals surface area (Å²) in [4.78, 5) is 19.3. The fourth-order valence-corrected chi connectivity index (χ4v) is 0.214. The van der Waals surface area contributed by atoms with E-state index in [0.29, 0.717) is 0 Å². The van der Waals surface area contributed by atoms with Gasteiger partial charge in [-0.05, 0) is 0 Å². The van der Waals surface area contributed by atoms with Crippen LogP contribution in [0.5, 0.6) is 0 Å².